The molecule has 1 heterocycles. The summed E-state index contributed by atoms with van der Waals surface area (Å²) in [5, 5.41) is 17.2. The smallest absolute Gasteiger partial charge is 0.257 e. The van der Waals surface area contributed by atoms with Gasteiger partial charge in [0, 0.05) is 17.7 Å². The van der Waals surface area contributed by atoms with E-state index in [0.29, 0.717) is 36.7 Å². The third kappa shape index (κ3) is 3.64. The highest BCUT2D eigenvalue weighted by Gasteiger charge is 2.33. The molecular weight excluding hydrogens is 306 g/mol. The number of benzene rings is 1. The molecule has 128 valence electrons. The molecule has 1 fully saturated rings. The number of anilines is 1. The van der Waals surface area contributed by atoms with E-state index in [1.165, 1.54) is 0 Å². The predicted molar refractivity (Wildman–Crippen MR) is 90.5 cm³/mol. The van der Waals surface area contributed by atoms with E-state index in [0.717, 1.165) is 24.0 Å². The molecule has 0 spiro atoms. The summed E-state index contributed by atoms with van der Waals surface area (Å²) in [5.41, 5.74) is 1.57. The Balaban J connectivity index is 1.75. The maximum absolute atomic E-state index is 12.3. The molecule has 1 amide bonds. The first kappa shape index (κ1) is 16.6. The van der Waals surface area contributed by atoms with E-state index in [-0.39, 0.29) is 12.3 Å². The molecule has 0 radical (unpaired) electrons. The van der Waals surface area contributed by atoms with E-state index in [4.69, 9.17) is 4.52 Å². The van der Waals surface area contributed by atoms with Gasteiger partial charge in [0.2, 0.25) is 5.91 Å². The molecule has 0 saturated heterocycles. The Morgan fingerprint density at radius 1 is 1.38 bits per heavy atom. The Hall–Kier alpha value is -2.21. The fraction of sp³-hybridized carbons (Fsp3) is 0.500. The second kappa shape index (κ2) is 6.73. The van der Waals surface area contributed by atoms with Gasteiger partial charge in [-0.2, -0.15) is 4.98 Å². The summed E-state index contributed by atoms with van der Waals surface area (Å²) < 4.78 is 5.25. The Labute approximate surface area is 141 Å². The van der Waals surface area contributed by atoms with Crippen LogP contribution >= 0.6 is 0 Å². The van der Waals surface area contributed by atoms with Crippen LogP contribution in [0.1, 0.15) is 50.4 Å². The van der Waals surface area contributed by atoms with Crippen LogP contribution in [0.25, 0.3) is 11.5 Å². The molecule has 0 unspecified atom stereocenters. The SMILES string of the molecule is CCc1noc(-c2ccc(C)c(NC(=O)CC3(O)CCCC3)c2)n1. The number of aryl methyl sites for hydroxylation is 2. The molecule has 0 atom stereocenters. The lowest BCUT2D eigenvalue weighted by Crippen LogP contribution is -2.30. The topological polar surface area (TPSA) is 88.2 Å². The van der Waals surface area contributed by atoms with Crippen molar-refractivity contribution in [2.45, 2.75) is 58.0 Å². The van der Waals surface area contributed by atoms with Gasteiger partial charge in [-0.1, -0.05) is 31.0 Å². The first-order chi connectivity index (χ1) is 11.5. The number of aromatic nitrogens is 2. The van der Waals surface area contributed by atoms with Crippen molar-refractivity contribution in [2.24, 2.45) is 0 Å². The lowest BCUT2D eigenvalue weighted by atomic mass is 9.97. The molecule has 0 aliphatic heterocycles. The van der Waals surface area contributed by atoms with Crippen molar-refractivity contribution in [3.05, 3.63) is 29.6 Å². The summed E-state index contributed by atoms with van der Waals surface area (Å²) in [6.07, 6.45) is 4.20. The van der Waals surface area contributed by atoms with Gasteiger partial charge in [-0.05, 0) is 37.5 Å². The molecule has 1 aromatic heterocycles. The number of hydrogen-bond acceptors (Lipinski definition) is 5. The minimum atomic E-state index is -0.849. The van der Waals surface area contributed by atoms with Gasteiger partial charge in [0.25, 0.3) is 5.89 Å². The van der Waals surface area contributed by atoms with Crippen LogP contribution in [0.3, 0.4) is 0 Å². The van der Waals surface area contributed by atoms with Gasteiger partial charge in [-0.15, -0.1) is 0 Å². The molecule has 2 N–H and O–H groups in total. The zero-order valence-corrected chi connectivity index (χ0v) is 14.1. The second-order valence-corrected chi connectivity index (χ2v) is 6.56. The van der Waals surface area contributed by atoms with E-state index < -0.39 is 5.60 Å². The van der Waals surface area contributed by atoms with Gasteiger partial charge < -0.3 is 14.9 Å². The van der Waals surface area contributed by atoms with Crippen molar-refractivity contribution >= 4 is 11.6 Å². The number of hydrogen-bond donors (Lipinski definition) is 2. The van der Waals surface area contributed by atoms with Crippen LogP contribution in [-0.4, -0.2) is 26.8 Å². The molecule has 24 heavy (non-hydrogen) atoms. The van der Waals surface area contributed by atoms with Crippen molar-refractivity contribution in [1.82, 2.24) is 10.1 Å². The Morgan fingerprint density at radius 3 is 2.79 bits per heavy atom. The van der Waals surface area contributed by atoms with Gasteiger partial charge in [0.1, 0.15) is 0 Å². The van der Waals surface area contributed by atoms with E-state index in [1.807, 2.05) is 32.0 Å². The Morgan fingerprint density at radius 2 is 2.12 bits per heavy atom. The quantitative estimate of drug-likeness (QED) is 0.879. The minimum Gasteiger partial charge on any atom is -0.389 e. The zero-order valence-electron chi connectivity index (χ0n) is 14.1. The van der Waals surface area contributed by atoms with E-state index >= 15 is 0 Å². The third-order valence-electron chi connectivity index (χ3n) is 4.57. The molecule has 6 nitrogen and oxygen atoms in total. The fourth-order valence-corrected chi connectivity index (χ4v) is 3.11. The van der Waals surface area contributed by atoms with E-state index in [9.17, 15) is 9.90 Å². The van der Waals surface area contributed by atoms with Crippen molar-refractivity contribution in [1.29, 1.82) is 0 Å². The maximum atomic E-state index is 12.3. The summed E-state index contributed by atoms with van der Waals surface area (Å²) in [6, 6.07) is 5.63. The molecule has 1 aliphatic rings. The summed E-state index contributed by atoms with van der Waals surface area (Å²) in [6.45, 7) is 3.89. The number of carbonyl (C=O) groups excluding carboxylic acids is 1. The van der Waals surface area contributed by atoms with Crippen LogP contribution in [0.4, 0.5) is 5.69 Å². The molecule has 3 rings (SSSR count). The zero-order chi connectivity index (χ0) is 17.2. The lowest BCUT2D eigenvalue weighted by molar-refractivity contribution is -0.120. The van der Waals surface area contributed by atoms with Gasteiger partial charge in [0.05, 0.1) is 12.0 Å². The highest BCUT2D eigenvalue weighted by molar-refractivity contribution is 5.92. The first-order valence-corrected chi connectivity index (χ1v) is 8.45. The predicted octanol–water partition coefficient (Wildman–Crippen LogP) is 3.24. The fourth-order valence-electron chi connectivity index (χ4n) is 3.11. The number of rotatable bonds is 5. The van der Waals surface area contributed by atoms with Gasteiger partial charge >= 0.3 is 0 Å². The maximum Gasteiger partial charge on any atom is 0.257 e. The van der Waals surface area contributed by atoms with E-state index in [1.54, 1.807) is 0 Å². The normalized spacial score (nSPS) is 16.3. The Bertz CT molecular complexity index is 733. The van der Waals surface area contributed by atoms with Crippen LogP contribution in [0.2, 0.25) is 0 Å². The lowest BCUT2D eigenvalue weighted by Gasteiger charge is -2.21. The van der Waals surface area contributed by atoms with Crippen molar-refractivity contribution < 1.29 is 14.4 Å². The standard InChI is InChI=1S/C18H23N3O3/c1-3-15-20-17(24-21-15)13-7-6-12(2)14(10-13)19-16(22)11-18(23)8-4-5-9-18/h6-7,10,23H,3-5,8-9,11H2,1-2H3,(H,19,22). The summed E-state index contributed by atoms with van der Waals surface area (Å²) in [5.74, 6) is 0.927. The second-order valence-electron chi connectivity index (χ2n) is 6.56. The van der Waals surface area contributed by atoms with Crippen LogP contribution < -0.4 is 5.32 Å². The molecule has 1 aliphatic carbocycles. The van der Waals surface area contributed by atoms with Gasteiger partial charge in [-0.25, -0.2) is 0 Å². The first-order valence-electron chi connectivity index (χ1n) is 8.45. The van der Waals surface area contributed by atoms with Crippen LogP contribution in [0.15, 0.2) is 22.7 Å². The summed E-state index contributed by atoms with van der Waals surface area (Å²) in [7, 11) is 0. The number of aliphatic hydroxyl groups is 1. The molecule has 2 aromatic rings. The minimum absolute atomic E-state index is 0.136. The highest BCUT2D eigenvalue weighted by Crippen LogP contribution is 2.33. The summed E-state index contributed by atoms with van der Waals surface area (Å²) >= 11 is 0. The van der Waals surface area contributed by atoms with Gasteiger partial charge in [0.15, 0.2) is 5.82 Å². The largest absolute Gasteiger partial charge is 0.389 e. The average Bonchev–Trinajstić information content (AvgIpc) is 3.18. The van der Waals surface area contributed by atoms with E-state index in [2.05, 4.69) is 15.5 Å². The number of nitrogens with one attached hydrogen (secondary N) is 1. The van der Waals surface area contributed by atoms with Crippen LogP contribution in [0.5, 0.6) is 0 Å². The molecule has 1 saturated carbocycles. The van der Waals surface area contributed by atoms with Crippen LogP contribution in [-0.2, 0) is 11.2 Å². The van der Waals surface area contributed by atoms with Crippen molar-refractivity contribution in [3.63, 3.8) is 0 Å². The van der Waals surface area contributed by atoms with Crippen molar-refractivity contribution in [2.75, 3.05) is 5.32 Å². The molecular formula is C18H23N3O3. The molecule has 1 aromatic carbocycles. The third-order valence-corrected chi connectivity index (χ3v) is 4.57. The van der Waals surface area contributed by atoms with Crippen LogP contribution in [0, 0.1) is 6.92 Å². The number of amides is 1. The Kier molecular flexibility index (Phi) is 4.66. The monoisotopic (exact) mass is 329 g/mol. The van der Waals surface area contributed by atoms with Gasteiger partial charge in [-0.3, -0.25) is 4.79 Å². The average molecular weight is 329 g/mol. The summed E-state index contributed by atoms with van der Waals surface area (Å²) in [4.78, 5) is 16.6. The number of nitrogens with zero attached hydrogens (tertiary/aromatic N) is 2. The van der Waals surface area contributed by atoms with Crippen molar-refractivity contribution in [3.8, 4) is 11.5 Å². The highest BCUT2D eigenvalue weighted by atomic mass is 16.5. The molecule has 6 heteroatoms. The molecule has 0 bridgehead atoms. The number of carbonyl (C=O) groups is 1.